The van der Waals surface area contributed by atoms with Crippen LogP contribution in [-0.4, -0.2) is 19.1 Å². The number of hydrogen-bond acceptors (Lipinski definition) is 4. The molecule has 0 saturated heterocycles. The van der Waals surface area contributed by atoms with Gasteiger partial charge in [0.05, 0.1) is 24.0 Å². The Labute approximate surface area is 146 Å². The van der Waals surface area contributed by atoms with Crippen LogP contribution in [0.15, 0.2) is 36.4 Å². The maximum atomic E-state index is 12.4. The summed E-state index contributed by atoms with van der Waals surface area (Å²) in [6.07, 6.45) is 0. The molecule has 0 radical (unpaired) electrons. The standard InChI is InChI=1S/C18H18ClN3O2/c1-11-8-16(17(24-3)9-14(11)19)21-12(2)18(23)22-15-7-5-4-6-13(15)10-20/h4-9,12,21H,1-3H3,(H,22,23)/t12-/m1/s1. The number of methoxy groups -OCH3 is 1. The number of carbonyl (C=O) groups excluding carboxylic acids is 1. The summed E-state index contributed by atoms with van der Waals surface area (Å²) in [5, 5.41) is 15.5. The predicted molar refractivity (Wildman–Crippen MR) is 95.6 cm³/mol. The molecule has 0 aliphatic heterocycles. The molecule has 0 bridgehead atoms. The van der Waals surface area contributed by atoms with E-state index in [0.717, 1.165) is 5.56 Å². The van der Waals surface area contributed by atoms with Crippen LogP contribution in [0.5, 0.6) is 5.75 Å². The first-order chi connectivity index (χ1) is 11.5. The van der Waals surface area contributed by atoms with Crippen LogP contribution in [0.25, 0.3) is 0 Å². The Balaban J connectivity index is 2.15. The molecule has 1 atom stereocenters. The molecule has 0 aliphatic carbocycles. The van der Waals surface area contributed by atoms with E-state index in [4.69, 9.17) is 21.6 Å². The van der Waals surface area contributed by atoms with Crippen molar-refractivity contribution < 1.29 is 9.53 Å². The van der Waals surface area contributed by atoms with Gasteiger partial charge >= 0.3 is 0 Å². The first kappa shape index (κ1) is 17.6. The number of aryl methyl sites for hydroxylation is 1. The molecule has 0 spiro atoms. The fraction of sp³-hybridized carbons (Fsp3) is 0.222. The Morgan fingerprint density at radius 3 is 2.67 bits per heavy atom. The van der Waals surface area contributed by atoms with E-state index in [9.17, 15) is 4.79 Å². The van der Waals surface area contributed by atoms with E-state index in [-0.39, 0.29) is 5.91 Å². The minimum Gasteiger partial charge on any atom is -0.495 e. The van der Waals surface area contributed by atoms with Crippen molar-refractivity contribution in [3.8, 4) is 11.8 Å². The van der Waals surface area contributed by atoms with Gasteiger partial charge in [0.1, 0.15) is 17.9 Å². The average molecular weight is 344 g/mol. The molecule has 2 rings (SSSR count). The van der Waals surface area contributed by atoms with Crippen LogP contribution in [0, 0.1) is 18.3 Å². The number of nitrogens with one attached hydrogen (secondary N) is 2. The molecule has 1 amide bonds. The lowest BCUT2D eigenvalue weighted by atomic mass is 10.1. The number of amides is 1. The van der Waals surface area contributed by atoms with Gasteiger partial charge in [-0.3, -0.25) is 4.79 Å². The van der Waals surface area contributed by atoms with Crippen molar-refractivity contribution >= 4 is 28.9 Å². The van der Waals surface area contributed by atoms with Crippen LogP contribution in [-0.2, 0) is 4.79 Å². The van der Waals surface area contributed by atoms with E-state index >= 15 is 0 Å². The van der Waals surface area contributed by atoms with Crippen LogP contribution in [0.3, 0.4) is 0 Å². The van der Waals surface area contributed by atoms with Crippen molar-refractivity contribution in [2.45, 2.75) is 19.9 Å². The Morgan fingerprint density at radius 2 is 2.00 bits per heavy atom. The molecule has 0 fully saturated rings. The number of anilines is 2. The third-order valence-corrected chi connectivity index (χ3v) is 3.96. The smallest absolute Gasteiger partial charge is 0.246 e. The monoisotopic (exact) mass is 343 g/mol. The lowest BCUT2D eigenvalue weighted by Gasteiger charge is -2.18. The van der Waals surface area contributed by atoms with E-state index in [1.165, 1.54) is 0 Å². The number of nitriles is 1. The molecule has 2 aromatic rings. The van der Waals surface area contributed by atoms with Gasteiger partial charge < -0.3 is 15.4 Å². The van der Waals surface area contributed by atoms with Crippen molar-refractivity contribution in [3.63, 3.8) is 0 Å². The molecule has 0 saturated carbocycles. The molecule has 0 aliphatic rings. The number of benzene rings is 2. The van der Waals surface area contributed by atoms with Crippen LogP contribution >= 0.6 is 11.6 Å². The lowest BCUT2D eigenvalue weighted by molar-refractivity contribution is -0.116. The van der Waals surface area contributed by atoms with Gasteiger partial charge in [-0.2, -0.15) is 5.26 Å². The van der Waals surface area contributed by atoms with E-state index in [1.807, 2.05) is 13.0 Å². The van der Waals surface area contributed by atoms with Gasteiger partial charge in [0.25, 0.3) is 0 Å². The zero-order valence-electron chi connectivity index (χ0n) is 13.7. The number of carbonyl (C=O) groups is 1. The van der Waals surface area contributed by atoms with E-state index < -0.39 is 6.04 Å². The van der Waals surface area contributed by atoms with Gasteiger partial charge in [-0.25, -0.2) is 0 Å². The fourth-order valence-electron chi connectivity index (χ4n) is 2.17. The zero-order valence-corrected chi connectivity index (χ0v) is 14.4. The number of nitrogens with zero attached hydrogens (tertiary/aromatic N) is 1. The second-order valence-corrected chi connectivity index (χ2v) is 5.72. The predicted octanol–water partition coefficient (Wildman–Crippen LogP) is 3.97. The molecular formula is C18H18ClN3O2. The third-order valence-electron chi connectivity index (χ3n) is 3.55. The third kappa shape index (κ3) is 3.98. The normalized spacial score (nSPS) is 11.3. The number of rotatable bonds is 5. The molecule has 5 nitrogen and oxygen atoms in total. The highest BCUT2D eigenvalue weighted by Gasteiger charge is 2.17. The Morgan fingerprint density at radius 1 is 1.29 bits per heavy atom. The summed E-state index contributed by atoms with van der Waals surface area (Å²) >= 11 is 6.09. The maximum Gasteiger partial charge on any atom is 0.246 e. The molecule has 0 aromatic heterocycles. The minimum absolute atomic E-state index is 0.257. The van der Waals surface area contributed by atoms with Gasteiger partial charge in [0, 0.05) is 11.1 Å². The number of ether oxygens (including phenoxy) is 1. The van der Waals surface area contributed by atoms with Gasteiger partial charge in [-0.1, -0.05) is 23.7 Å². The Kier molecular flexibility index (Phi) is 5.67. The second kappa shape index (κ2) is 7.71. The highest BCUT2D eigenvalue weighted by atomic mass is 35.5. The number of hydrogen-bond donors (Lipinski definition) is 2. The quantitative estimate of drug-likeness (QED) is 0.861. The summed E-state index contributed by atoms with van der Waals surface area (Å²) in [7, 11) is 1.54. The summed E-state index contributed by atoms with van der Waals surface area (Å²) in [5.74, 6) is 0.301. The number of para-hydroxylation sites is 1. The maximum absolute atomic E-state index is 12.4. The molecular weight excluding hydrogens is 326 g/mol. The molecule has 6 heteroatoms. The lowest BCUT2D eigenvalue weighted by Crippen LogP contribution is -2.32. The number of halogens is 1. The van der Waals surface area contributed by atoms with Crippen molar-refractivity contribution in [2.24, 2.45) is 0 Å². The topological polar surface area (TPSA) is 74.2 Å². The zero-order chi connectivity index (χ0) is 17.7. The summed E-state index contributed by atoms with van der Waals surface area (Å²) in [6.45, 7) is 3.61. The largest absolute Gasteiger partial charge is 0.495 e. The summed E-state index contributed by atoms with van der Waals surface area (Å²) in [6, 6.07) is 11.9. The average Bonchev–Trinajstić information content (AvgIpc) is 2.58. The SMILES string of the molecule is COc1cc(Cl)c(C)cc1N[C@H](C)C(=O)Nc1ccccc1C#N. The van der Waals surface area contributed by atoms with E-state index in [1.54, 1.807) is 44.4 Å². The Hall–Kier alpha value is -2.71. The van der Waals surface area contributed by atoms with E-state index in [2.05, 4.69) is 16.7 Å². The van der Waals surface area contributed by atoms with Crippen molar-refractivity contribution in [1.29, 1.82) is 5.26 Å². The summed E-state index contributed by atoms with van der Waals surface area (Å²) in [4.78, 5) is 12.4. The Bertz CT molecular complexity index is 799. The van der Waals surface area contributed by atoms with Gasteiger partial charge in [-0.05, 0) is 37.6 Å². The van der Waals surface area contributed by atoms with Crippen LogP contribution in [0.1, 0.15) is 18.1 Å². The van der Waals surface area contributed by atoms with E-state index in [0.29, 0.717) is 27.7 Å². The minimum atomic E-state index is -0.536. The highest BCUT2D eigenvalue weighted by molar-refractivity contribution is 6.31. The fourth-order valence-corrected chi connectivity index (χ4v) is 2.33. The van der Waals surface area contributed by atoms with Crippen LogP contribution in [0.4, 0.5) is 11.4 Å². The first-order valence-corrected chi connectivity index (χ1v) is 7.74. The molecule has 0 heterocycles. The van der Waals surface area contributed by atoms with Gasteiger partial charge in [0.2, 0.25) is 5.91 Å². The first-order valence-electron chi connectivity index (χ1n) is 7.37. The van der Waals surface area contributed by atoms with Gasteiger partial charge in [0.15, 0.2) is 0 Å². The molecule has 24 heavy (non-hydrogen) atoms. The van der Waals surface area contributed by atoms with Crippen LogP contribution < -0.4 is 15.4 Å². The van der Waals surface area contributed by atoms with Crippen LogP contribution in [0.2, 0.25) is 5.02 Å². The molecule has 0 unspecified atom stereocenters. The van der Waals surface area contributed by atoms with Crippen molar-refractivity contribution in [2.75, 3.05) is 17.7 Å². The molecule has 2 N–H and O–H groups in total. The molecule has 2 aromatic carbocycles. The highest BCUT2D eigenvalue weighted by Crippen LogP contribution is 2.31. The van der Waals surface area contributed by atoms with Gasteiger partial charge in [-0.15, -0.1) is 0 Å². The van der Waals surface area contributed by atoms with Crippen molar-refractivity contribution in [1.82, 2.24) is 0 Å². The summed E-state index contributed by atoms with van der Waals surface area (Å²) in [5.41, 5.74) is 2.45. The molecule has 124 valence electrons. The second-order valence-electron chi connectivity index (χ2n) is 5.31. The summed E-state index contributed by atoms with van der Waals surface area (Å²) < 4.78 is 5.29. The van der Waals surface area contributed by atoms with Crippen molar-refractivity contribution in [3.05, 3.63) is 52.5 Å².